The number of methoxy groups -OCH3 is 1. The van der Waals surface area contributed by atoms with E-state index in [2.05, 4.69) is 32.2 Å². The Hall–Kier alpha value is -2.86. The lowest BCUT2D eigenvalue weighted by atomic mass is 9.84. The summed E-state index contributed by atoms with van der Waals surface area (Å²) in [6, 6.07) is 11.0. The Morgan fingerprint density at radius 2 is 2.06 bits per heavy atom. The van der Waals surface area contributed by atoms with Gasteiger partial charge in [-0.2, -0.15) is 5.26 Å². The standard InChI is InChI=1S/C22H17BrCl2N4O3/c1-10-19-20(14(8-26)21(27)32-22(19)29-28-10)13-6-17(30-2)18(7-15(13)23)31-9-11-3-4-12(24)5-16(11)25/h3-7,20H,9,27H2,1-2H3,(H,28,29)/t20-/m1/s1. The summed E-state index contributed by atoms with van der Waals surface area (Å²) in [7, 11) is 1.54. The summed E-state index contributed by atoms with van der Waals surface area (Å²) in [6.07, 6.45) is 0. The molecular formula is C22H17BrCl2N4O3. The van der Waals surface area contributed by atoms with Gasteiger partial charge < -0.3 is 19.9 Å². The van der Waals surface area contributed by atoms with E-state index in [0.29, 0.717) is 31.9 Å². The molecule has 32 heavy (non-hydrogen) atoms. The number of rotatable bonds is 5. The summed E-state index contributed by atoms with van der Waals surface area (Å²) in [5, 5.41) is 17.9. The van der Waals surface area contributed by atoms with Crippen molar-refractivity contribution in [2.24, 2.45) is 5.73 Å². The molecule has 1 aliphatic heterocycles. The molecule has 0 unspecified atom stereocenters. The van der Waals surface area contributed by atoms with Gasteiger partial charge in [-0.25, -0.2) is 0 Å². The molecule has 164 valence electrons. The highest BCUT2D eigenvalue weighted by Crippen LogP contribution is 2.47. The number of H-pyrrole nitrogens is 1. The molecule has 3 N–H and O–H groups in total. The van der Waals surface area contributed by atoms with Crippen LogP contribution in [-0.4, -0.2) is 17.3 Å². The third-order valence-electron chi connectivity index (χ3n) is 5.12. The van der Waals surface area contributed by atoms with Crippen LogP contribution in [0.25, 0.3) is 0 Å². The number of fused-ring (bicyclic) bond motifs is 1. The minimum absolute atomic E-state index is 0.0140. The molecule has 4 rings (SSSR count). The molecule has 7 nitrogen and oxygen atoms in total. The smallest absolute Gasteiger partial charge is 0.244 e. The zero-order chi connectivity index (χ0) is 23.0. The van der Waals surface area contributed by atoms with Crippen LogP contribution in [0.5, 0.6) is 17.4 Å². The molecule has 0 bridgehead atoms. The highest BCUT2D eigenvalue weighted by molar-refractivity contribution is 9.10. The van der Waals surface area contributed by atoms with Crippen LogP contribution in [0.15, 0.2) is 46.3 Å². The Morgan fingerprint density at radius 1 is 1.28 bits per heavy atom. The third-order valence-corrected chi connectivity index (χ3v) is 6.40. The number of halogens is 3. The maximum atomic E-state index is 9.78. The van der Waals surface area contributed by atoms with Gasteiger partial charge >= 0.3 is 0 Å². The topological polar surface area (TPSA) is 106 Å². The van der Waals surface area contributed by atoms with Crippen molar-refractivity contribution in [2.75, 3.05) is 7.11 Å². The Balaban J connectivity index is 1.74. The van der Waals surface area contributed by atoms with Gasteiger partial charge in [-0.3, -0.25) is 5.10 Å². The number of aryl methyl sites for hydroxylation is 1. The molecule has 10 heteroatoms. The first-order valence-electron chi connectivity index (χ1n) is 9.40. The number of aromatic amines is 1. The lowest BCUT2D eigenvalue weighted by Gasteiger charge is -2.25. The number of nitrogens with zero attached hydrogens (tertiary/aromatic N) is 2. The van der Waals surface area contributed by atoms with E-state index in [1.807, 2.05) is 6.92 Å². The van der Waals surface area contributed by atoms with Crippen molar-refractivity contribution in [1.82, 2.24) is 10.2 Å². The fraction of sp³-hybridized carbons (Fsp3) is 0.182. The van der Waals surface area contributed by atoms with Gasteiger partial charge in [0.2, 0.25) is 11.8 Å². The monoisotopic (exact) mass is 534 g/mol. The zero-order valence-electron chi connectivity index (χ0n) is 17.0. The lowest BCUT2D eigenvalue weighted by Crippen LogP contribution is -2.21. The maximum absolute atomic E-state index is 9.78. The van der Waals surface area contributed by atoms with Crippen molar-refractivity contribution in [3.05, 3.63) is 78.7 Å². The maximum Gasteiger partial charge on any atom is 0.244 e. The van der Waals surface area contributed by atoms with E-state index in [1.165, 1.54) is 0 Å². The minimum Gasteiger partial charge on any atom is -0.493 e. The zero-order valence-corrected chi connectivity index (χ0v) is 20.1. The fourth-order valence-electron chi connectivity index (χ4n) is 3.55. The van der Waals surface area contributed by atoms with Gasteiger partial charge in [0.25, 0.3) is 0 Å². The van der Waals surface area contributed by atoms with Crippen LogP contribution in [-0.2, 0) is 6.61 Å². The molecule has 1 atom stereocenters. The van der Waals surface area contributed by atoms with Crippen molar-refractivity contribution < 1.29 is 14.2 Å². The Bertz CT molecular complexity index is 1280. The highest BCUT2D eigenvalue weighted by atomic mass is 79.9. The predicted molar refractivity (Wildman–Crippen MR) is 124 cm³/mol. The number of hydrogen-bond acceptors (Lipinski definition) is 6. The average molecular weight is 536 g/mol. The second kappa shape index (κ2) is 8.94. The van der Waals surface area contributed by atoms with E-state index in [-0.39, 0.29) is 18.1 Å². The van der Waals surface area contributed by atoms with Gasteiger partial charge in [-0.05, 0) is 36.8 Å². The van der Waals surface area contributed by atoms with Gasteiger partial charge in [0.15, 0.2) is 11.5 Å². The molecule has 0 saturated carbocycles. The largest absolute Gasteiger partial charge is 0.493 e. The first-order valence-corrected chi connectivity index (χ1v) is 11.0. The number of nitrogens with two attached hydrogens (primary N) is 1. The SMILES string of the molecule is COc1cc([C@@H]2C(C#N)=C(N)Oc3n[nH]c(C)c32)c(Br)cc1OCc1ccc(Cl)cc1Cl. The van der Waals surface area contributed by atoms with Gasteiger partial charge in [-0.15, -0.1) is 5.10 Å². The normalized spacial score (nSPS) is 15.1. The van der Waals surface area contributed by atoms with Crippen LogP contribution in [0.1, 0.15) is 28.3 Å². The number of benzene rings is 2. The van der Waals surface area contributed by atoms with Crippen LogP contribution in [0.2, 0.25) is 10.0 Å². The molecule has 2 heterocycles. The quantitative estimate of drug-likeness (QED) is 0.441. The molecule has 0 aliphatic carbocycles. The van der Waals surface area contributed by atoms with Crippen LogP contribution < -0.4 is 19.9 Å². The summed E-state index contributed by atoms with van der Waals surface area (Å²) >= 11 is 15.8. The van der Waals surface area contributed by atoms with Crippen LogP contribution in [0.3, 0.4) is 0 Å². The number of ether oxygens (including phenoxy) is 3. The second-order valence-electron chi connectivity index (χ2n) is 7.04. The summed E-state index contributed by atoms with van der Waals surface area (Å²) in [5.41, 5.74) is 9.35. The predicted octanol–water partition coefficient (Wildman–Crippen LogP) is 5.59. The van der Waals surface area contributed by atoms with Crippen molar-refractivity contribution in [2.45, 2.75) is 19.4 Å². The molecule has 0 spiro atoms. The number of aromatic nitrogens is 2. The molecule has 0 radical (unpaired) electrons. The number of hydrogen-bond donors (Lipinski definition) is 2. The number of nitrogens with one attached hydrogen (secondary N) is 1. The second-order valence-corrected chi connectivity index (χ2v) is 8.74. The highest BCUT2D eigenvalue weighted by Gasteiger charge is 2.36. The molecule has 2 aromatic carbocycles. The number of allylic oxidation sites excluding steroid dienone is 1. The molecule has 0 saturated heterocycles. The van der Waals surface area contributed by atoms with E-state index >= 15 is 0 Å². The van der Waals surface area contributed by atoms with E-state index in [1.54, 1.807) is 37.4 Å². The third kappa shape index (κ3) is 3.99. The fourth-order valence-corrected chi connectivity index (χ4v) is 4.56. The Labute approximate surface area is 202 Å². The van der Waals surface area contributed by atoms with Crippen molar-refractivity contribution in [3.63, 3.8) is 0 Å². The van der Waals surface area contributed by atoms with E-state index < -0.39 is 5.92 Å². The molecule has 1 aromatic heterocycles. The minimum atomic E-state index is -0.495. The molecule has 0 amide bonds. The summed E-state index contributed by atoms with van der Waals surface area (Å²) < 4.78 is 17.8. The van der Waals surface area contributed by atoms with E-state index in [4.69, 9.17) is 43.1 Å². The van der Waals surface area contributed by atoms with Crippen molar-refractivity contribution in [1.29, 1.82) is 5.26 Å². The van der Waals surface area contributed by atoms with Gasteiger partial charge in [0.05, 0.1) is 13.0 Å². The molecular weight excluding hydrogens is 519 g/mol. The molecule has 3 aromatic rings. The van der Waals surface area contributed by atoms with Crippen molar-refractivity contribution in [3.8, 4) is 23.4 Å². The van der Waals surface area contributed by atoms with Crippen LogP contribution in [0, 0.1) is 18.3 Å². The average Bonchev–Trinajstić information content (AvgIpc) is 3.12. The Morgan fingerprint density at radius 3 is 2.75 bits per heavy atom. The van der Waals surface area contributed by atoms with E-state index in [0.717, 1.165) is 22.4 Å². The van der Waals surface area contributed by atoms with Crippen LogP contribution >= 0.6 is 39.1 Å². The van der Waals surface area contributed by atoms with Crippen molar-refractivity contribution >= 4 is 39.1 Å². The number of nitriles is 1. The molecule has 0 fully saturated rings. The summed E-state index contributed by atoms with van der Waals surface area (Å²) in [6.45, 7) is 2.08. The van der Waals surface area contributed by atoms with Gasteiger partial charge in [0.1, 0.15) is 18.2 Å². The lowest BCUT2D eigenvalue weighted by molar-refractivity contribution is 0.284. The van der Waals surface area contributed by atoms with Gasteiger partial charge in [0, 0.05) is 31.3 Å². The van der Waals surface area contributed by atoms with E-state index in [9.17, 15) is 5.26 Å². The Kier molecular flexibility index (Phi) is 6.24. The van der Waals surface area contributed by atoms with Crippen LogP contribution in [0.4, 0.5) is 0 Å². The first-order chi connectivity index (χ1) is 15.3. The molecule has 1 aliphatic rings. The van der Waals surface area contributed by atoms with Gasteiger partial charge in [-0.1, -0.05) is 45.2 Å². The summed E-state index contributed by atoms with van der Waals surface area (Å²) in [5.74, 6) is 0.845. The first kappa shape index (κ1) is 22.3. The summed E-state index contributed by atoms with van der Waals surface area (Å²) in [4.78, 5) is 0.